The molecule has 1 aromatic rings. The first-order chi connectivity index (χ1) is 11.0. The molecule has 0 aliphatic heterocycles. The van der Waals surface area contributed by atoms with Crippen molar-refractivity contribution in [3.63, 3.8) is 0 Å². The molecule has 0 saturated carbocycles. The first kappa shape index (κ1) is 20.5. The van der Waals surface area contributed by atoms with Crippen LogP contribution in [0.3, 0.4) is 0 Å². The minimum Gasteiger partial charge on any atom is -0.341 e. The van der Waals surface area contributed by atoms with Gasteiger partial charge in [-0.25, -0.2) is 4.98 Å². The number of carbonyl (C=O) groups is 1. The third-order valence-corrected chi connectivity index (χ3v) is 3.72. The van der Waals surface area contributed by atoms with E-state index < -0.39 is 17.4 Å². The van der Waals surface area contributed by atoms with E-state index in [1.807, 2.05) is 27.7 Å². The molecular weight excluding hydrogens is 343 g/mol. The maximum Gasteiger partial charge on any atom is 0.433 e. The molecule has 0 aliphatic carbocycles. The van der Waals surface area contributed by atoms with Gasteiger partial charge in [0.25, 0.3) is 5.56 Å². The molecule has 1 aromatic heterocycles. The zero-order valence-electron chi connectivity index (χ0n) is 14.1. The molecule has 9 heteroatoms. The van der Waals surface area contributed by atoms with E-state index in [1.165, 1.54) is 0 Å². The van der Waals surface area contributed by atoms with E-state index in [1.54, 1.807) is 4.90 Å². The van der Waals surface area contributed by atoms with Gasteiger partial charge in [0.2, 0.25) is 5.91 Å². The van der Waals surface area contributed by atoms with Gasteiger partial charge >= 0.3 is 6.18 Å². The average Bonchev–Trinajstić information content (AvgIpc) is 2.41. The van der Waals surface area contributed by atoms with Crippen LogP contribution >= 0.6 is 11.8 Å². The van der Waals surface area contributed by atoms with Crippen molar-refractivity contribution in [2.45, 2.75) is 39.0 Å². The minimum absolute atomic E-state index is 0.0797. The molecule has 1 rings (SSSR count). The Balaban J connectivity index is 2.81. The highest BCUT2D eigenvalue weighted by molar-refractivity contribution is 7.99. The highest BCUT2D eigenvalue weighted by atomic mass is 32.2. The second kappa shape index (κ2) is 8.55. The molecule has 1 N–H and O–H groups in total. The fourth-order valence-electron chi connectivity index (χ4n) is 2.03. The number of rotatable bonds is 7. The van der Waals surface area contributed by atoms with Gasteiger partial charge < -0.3 is 9.88 Å². The molecule has 0 fully saturated rings. The number of alkyl halides is 3. The molecule has 0 spiro atoms. The normalized spacial score (nSPS) is 12.0. The van der Waals surface area contributed by atoms with Crippen LogP contribution in [0, 0.1) is 11.8 Å². The Hall–Kier alpha value is -1.51. The van der Waals surface area contributed by atoms with Gasteiger partial charge in [-0.2, -0.15) is 13.2 Å². The second-order valence-corrected chi connectivity index (χ2v) is 7.27. The lowest BCUT2D eigenvalue weighted by atomic mass is 10.1. The fourth-order valence-corrected chi connectivity index (χ4v) is 2.81. The number of aromatic amines is 1. The number of nitrogens with one attached hydrogen (secondary N) is 1. The summed E-state index contributed by atoms with van der Waals surface area (Å²) in [6, 6.07) is 0.399. The lowest BCUT2D eigenvalue weighted by Crippen LogP contribution is -2.38. The zero-order chi connectivity index (χ0) is 18.5. The predicted molar refractivity (Wildman–Crippen MR) is 86.8 cm³/mol. The van der Waals surface area contributed by atoms with Crippen molar-refractivity contribution in [2.75, 3.05) is 18.8 Å². The third-order valence-electron chi connectivity index (χ3n) is 2.87. The molecule has 0 bridgehead atoms. The quantitative estimate of drug-likeness (QED) is 0.596. The summed E-state index contributed by atoms with van der Waals surface area (Å²) < 4.78 is 38.0. The molecule has 0 aliphatic rings. The number of thioether (sulfide) groups is 1. The van der Waals surface area contributed by atoms with Gasteiger partial charge in [-0.1, -0.05) is 39.5 Å². The topological polar surface area (TPSA) is 66.1 Å². The molecule has 136 valence electrons. The monoisotopic (exact) mass is 365 g/mol. The number of halogens is 3. The number of nitrogens with zero attached hydrogens (tertiary/aromatic N) is 2. The van der Waals surface area contributed by atoms with E-state index in [4.69, 9.17) is 0 Å². The lowest BCUT2D eigenvalue weighted by molar-refractivity contribution is -0.141. The smallest absolute Gasteiger partial charge is 0.341 e. The summed E-state index contributed by atoms with van der Waals surface area (Å²) in [4.78, 5) is 30.9. The van der Waals surface area contributed by atoms with Crippen molar-refractivity contribution in [1.29, 1.82) is 0 Å². The number of amides is 1. The molecule has 5 nitrogen and oxygen atoms in total. The van der Waals surface area contributed by atoms with Crippen LogP contribution in [0.2, 0.25) is 0 Å². The van der Waals surface area contributed by atoms with E-state index in [2.05, 4.69) is 9.97 Å². The van der Waals surface area contributed by atoms with Gasteiger partial charge in [-0.15, -0.1) is 0 Å². The van der Waals surface area contributed by atoms with Crippen molar-refractivity contribution >= 4 is 17.7 Å². The van der Waals surface area contributed by atoms with Crippen molar-refractivity contribution < 1.29 is 18.0 Å². The summed E-state index contributed by atoms with van der Waals surface area (Å²) in [5.74, 6) is 0.291. The van der Waals surface area contributed by atoms with E-state index in [-0.39, 0.29) is 28.7 Å². The first-order valence-electron chi connectivity index (χ1n) is 7.58. The van der Waals surface area contributed by atoms with Crippen LogP contribution in [-0.4, -0.2) is 39.6 Å². The molecule has 0 saturated heterocycles. The maximum atomic E-state index is 12.7. The molecule has 24 heavy (non-hydrogen) atoms. The summed E-state index contributed by atoms with van der Waals surface area (Å²) in [7, 11) is 0. The minimum atomic E-state index is -4.70. The van der Waals surface area contributed by atoms with Gasteiger partial charge in [-0.3, -0.25) is 9.59 Å². The number of H-pyrrole nitrogens is 1. The van der Waals surface area contributed by atoms with Crippen molar-refractivity contribution in [1.82, 2.24) is 14.9 Å². The van der Waals surface area contributed by atoms with Crippen LogP contribution in [0.5, 0.6) is 0 Å². The van der Waals surface area contributed by atoms with Gasteiger partial charge in [0.05, 0.1) is 5.75 Å². The summed E-state index contributed by atoms with van der Waals surface area (Å²) in [6.07, 6.45) is -4.70. The SMILES string of the molecule is CC(C)CN(CC(C)C)C(=O)CSc1nc(C(F)(F)F)cc(=O)[nH]1. The Morgan fingerprint density at radius 1 is 1.25 bits per heavy atom. The number of aromatic nitrogens is 2. The van der Waals surface area contributed by atoms with Gasteiger partial charge in [0.15, 0.2) is 10.9 Å². The maximum absolute atomic E-state index is 12.7. The van der Waals surface area contributed by atoms with Crippen LogP contribution in [0.1, 0.15) is 33.4 Å². The molecule has 0 aromatic carbocycles. The zero-order valence-corrected chi connectivity index (χ0v) is 14.9. The molecule has 0 unspecified atom stereocenters. The molecular formula is C15H22F3N3O2S. The van der Waals surface area contributed by atoms with Gasteiger partial charge in [-0.05, 0) is 11.8 Å². The van der Waals surface area contributed by atoms with E-state index in [0.717, 1.165) is 11.8 Å². The van der Waals surface area contributed by atoms with Crippen LogP contribution in [0.15, 0.2) is 16.0 Å². The first-order valence-corrected chi connectivity index (χ1v) is 8.56. The Morgan fingerprint density at radius 2 is 1.79 bits per heavy atom. The summed E-state index contributed by atoms with van der Waals surface area (Å²) in [5, 5.41) is -0.211. The summed E-state index contributed by atoms with van der Waals surface area (Å²) in [6.45, 7) is 9.09. The average molecular weight is 365 g/mol. The number of carbonyl (C=O) groups excluding carboxylic acids is 1. The Kier molecular flexibility index (Phi) is 7.31. The van der Waals surface area contributed by atoms with Crippen LogP contribution < -0.4 is 5.56 Å². The number of hydrogen-bond acceptors (Lipinski definition) is 4. The highest BCUT2D eigenvalue weighted by Crippen LogP contribution is 2.27. The summed E-state index contributed by atoms with van der Waals surface area (Å²) >= 11 is 0.798. The second-order valence-electron chi connectivity index (χ2n) is 6.31. The lowest BCUT2D eigenvalue weighted by Gasteiger charge is -2.26. The highest BCUT2D eigenvalue weighted by Gasteiger charge is 2.33. The van der Waals surface area contributed by atoms with E-state index >= 15 is 0 Å². The predicted octanol–water partition coefficient (Wildman–Crippen LogP) is 3.02. The molecule has 0 atom stereocenters. The Bertz CT molecular complexity index is 605. The third kappa shape index (κ3) is 6.94. The van der Waals surface area contributed by atoms with Gasteiger partial charge in [0.1, 0.15) is 0 Å². The van der Waals surface area contributed by atoms with Crippen molar-refractivity contribution in [3.05, 3.63) is 22.1 Å². The van der Waals surface area contributed by atoms with Crippen LogP contribution in [0.4, 0.5) is 13.2 Å². The Labute approximate surface area is 143 Å². The van der Waals surface area contributed by atoms with E-state index in [0.29, 0.717) is 19.2 Å². The summed E-state index contributed by atoms with van der Waals surface area (Å²) in [5.41, 5.74) is -2.16. The number of hydrogen-bond donors (Lipinski definition) is 1. The van der Waals surface area contributed by atoms with Gasteiger partial charge in [0, 0.05) is 19.2 Å². The molecule has 1 amide bonds. The molecule has 0 radical (unpaired) electrons. The van der Waals surface area contributed by atoms with Crippen molar-refractivity contribution in [3.8, 4) is 0 Å². The van der Waals surface area contributed by atoms with Crippen LogP contribution in [-0.2, 0) is 11.0 Å². The standard InChI is InChI=1S/C15H22F3N3O2S/c1-9(2)6-21(7-10(3)4)13(23)8-24-14-19-11(15(16,17)18)5-12(22)20-14/h5,9-10H,6-8H2,1-4H3,(H,19,20,22). The van der Waals surface area contributed by atoms with Crippen LogP contribution in [0.25, 0.3) is 0 Å². The molecule has 1 heterocycles. The Morgan fingerprint density at radius 3 is 2.25 bits per heavy atom. The fraction of sp³-hybridized carbons (Fsp3) is 0.667. The largest absolute Gasteiger partial charge is 0.433 e. The van der Waals surface area contributed by atoms with Crippen molar-refractivity contribution in [2.24, 2.45) is 11.8 Å². The van der Waals surface area contributed by atoms with E-state index in [9.17, 15) is 22.8 Å².